The van der Waals surface area contributed by atoms with E-state index < -0.39 is 0 Å². The zero-order valence-electron chi connectivity index (χ0n) is 17.9. The Morgan fingerprint density at radius 3 is 2.64 bits per heavy atom. The standard InChI is InChI=1S/C26H23FN2O4/c27-18-8-6-17(7-9-18)26(31)29-13-21-25(19-3-1-2-4-20(19)29)22(14-30)28(21)12-16-5-10-23-24(11-16)33-15-32-23/h1-11,21-22,25,30H,12-15H2/t21-,22+,25+/m0/s1. The molecule has 0 unspecified atom stereocenters. The van der Waals surface area contributed by atoms with Gasteiger partial charge in [0.15, 0.2) is 11.5 Å². The van der Waals surface area contributed by atoms with Crippen LogP contribution in [0.3, 0.4) is 0 Å². The third-order valence-electron chi connectivity index (χ3n) is 6.96. The van der Waals surface area contributed by atoms with Crippen molar-refractivity contribution in [2.45, 2.75) is 24.5 Å². The number of likely N-dealkylation sites (tertiary alicyclic amines) is 1. The molecule has 1 saturated heterocycles. The highest BCUT2D eigenvalue weighted by molar-refractivity contribution is 6.07. The van der Waals surface area contributed by atoms with Crippen molar-refractivity contribution in [3.05, 3.63) is 89.2 Å². The number of fused-ring (bicyclic) bond motifs is 4. The Balaban J connectivity index is 1.32. The van der Waals surface area contributed by atoms with Gasteiger partial charge in [0.25, 0.3) is 5.91 Å². The summed E-state index contributed by atoms with van der Waals surface area (Å²) in [5, 5.41) is 10.2. The molecule has 1 N–H and O–H groups in total. The number of ether oxygens (including phenoxy) is 2. The van der Waals surface area contributed by atoms with Crippen LogP contribution in [0.1, 0.15) is 27.4 Å². The van der Waals surface area contributed by atoms with Gasteiger partial charge in [-0.15, -0.1) is 0 Å². The third kappa shape index (κ3) is 3.27. The fourth-order valence-corrected chi connectivity index (χ4v) is 5.39. The third-order valence-corrected chi connectivity index (χ3v) is 6.96. The van der Waals surface area contributed by atoms with Crippen LogP contribution in [0.5, 0.6) is 11.5 Å². The SMILES string of the molecule is O=C(c1ccc(F)cc1)N1C[C@H]2[C@@H](c3ccccc31)[C@@H](CO)N2Cc1ccc2c(c1)OCO2. The Hall–Kier alpha value is -3.42. The van der Waals surface area contributed by atoms with Gasteiger partial charge in [-0.2, -0.15) is 0 Å². The summed E-state index contributed by atoms with van der Waals surface area (Å²) >= 11 is 0. The second kappa shape index (κ2) is 7.86. The number of rotatable bonds is 4. The van der Waals surface area contributed by atoms with Gasteiger partial charge < -0.3 is 19.5 Å². The van der Waals surface area contributed by atoms with Crippen LogP contribution in [-0.2, 0) is 6.54 Å². The van der Waals surface area contributed by atoms with Gasteiger partial charge in [-0.25, -0.2) is 4.39 Å². The number of hydrogen-bond donors (Lipinski definition) is 1. The number of hydrogen-bond acceptors (Lipinski definition) is 5. The lowest BCUT2D eigenvalue weighted by Gasteiger charge is -2.59. The monoisotopic (exact) mass is 446 g/mol. The van der Waals surface area contributed by atoms with Crippen LogP contribution in [0.2, 0.25) is 0 Å². The number of carbonyl (C=O) groups is 1. The van der Waals surface area contributed by atoms with E-state index in [0.717, 1.165) is 28.3 Å². The average Bonchev–Trinajstić information content (AvgIpc) is 3.30. The number of anilines is 1. The maximum Gasteiger partial charge on any atom is 0.258 e. The molecule has 3 heterocycles. The molecule has 3 aliphatic heterocycles. The van der Waals surface area contributed by atoms with Gasteiger partial charge in [-0.05, 0) is 53.6 Å². The summed E-state index contributed by atoms with van der Waals surface area (Å²) in [5.41, 5.74) is 3.43. The minimum Gasteiger partial charge on any atom is -0.454 e. The van der Waals surface area contributed by atoms with Crippen molar-refractivity contribution >= 4 is 11.6 Å². The molecule has 3 aromatic carbocycles. The number of carbonyl (C=O) groups excluding carboxylic acids is 1. The van der Waals surface area contributed by atoms with E-state index in [1.807, 2.05) is 42.5 Å². The lowest BCUT2D eigenvalue weighted by molar-refractivity contribution is -0.0488. The van der Waals surface area contributed by atoms with Crippen molar-refractivity contribution < 1.29 is 23.8 Å². The summed E-state index contributed by atoms with van der Waals surface area (Å²) in [7, 11) is 0. The largest absolute Gasteiger partial charge is 0.454 e. The first-order chi connectivity index (χ1) is 16.1. The van der Waals surface area contributed by atoms with E-state index in [1.54, 1.807) is 4.90 Å². The quantitative estimate of drug-likeness (QED) is 0.664. The molecule has 168 valence electrons. The first-order valence-electron chi connectivity index (χ1n) is 11.1. The topological polar surface area (TPSA) is 62.2 Å². The molecule has 3 aromatic rings. The summed E-state index contributed by atoms with van der Waals surface area (Å²) in [4.78, 5) is 17.4. The number of nitrogens with zero attached hydrogens (tertiary/aromatic N) is 2. The normalized spacial score (nSPS) is 23.0. The van der Waals surface area contributed by atoms with Gasteiger partial charge in [-0.1, -0.05) is 24.3 Å². The molecule has 0 radical (unpaired) electrons. The molecule has 0 bridgehead atoms. The predicted octanol–water partition coefficient (Wildman–Crippen LogP) is 3.54. The molecule has 3 atom stereocenters. The zero-order valence-corrected chi connectivity index (χ0v) is 17.9. The van der Waals surface area contributed by atoms with Gasteiger partial charge in [0.1, 0.15) is 5.82 Å². The molecule has 6 nitrogen and oxygen atoms in total. The molecular weight excluding hydrogens is 423 g/mol. The first-order valence-corrected chi connectivity index (χ1v) is 11.1. The number of benzene rings is 3. The lowest BCUT2D eigenvalue weighted by Crippen LogP contribution is -2.68. The van der Waals surface area contributed by atoms with Crippen molar-refractivity contribution in [3.8, 4) is 11.5 Å². The maximum atomic E-state index is 13.4. The zero-order chi connectivity index (χ0) is 22.5. The van der Waals surface area contributed by atoms with Crippen molar-refractivity contribution in [1.29, 1.82) is 0 Å². The lowest BCUT2D eigenvalue weighted by atomic mass is 9.71. The smallest absolute Gasteiger partial charge is 0.258 e. The van der Waals surface area contributed by atoms with Crippen LogP contribution < -0.4 is 14.4 Å². The number of para-hydroxylation sites is 1. The Morgan fingerprint density at radius 2 is 1.82 bits per heavy atom. The van der Waals surface area contributed by atoms with Crippen LogP contribution in [-0.4, -0.2) is 47.9 Å². The van der Waals surface area contributed by atoms with E-state index in [-0.39, 0.29) is 43.1 Å². The predicted molar refractivity (Wildman–Crippen MR) is 120 cm³/mol. The molecule has 1 amide bonds. The van der Waals surface area contributed by atoms with Crippen LogP contribution >= 0.6 is 0 Å². The minimum absolute atomic E-state index is 0.0337. The fourth-order valence-electron chi connectivity index (χ4n) is 5.39. The van der Waals surface area contributed by atoms with E-state index in [2.05, 4.69) is 4.90 Å². The molecule has 0 aromatic heterocycles. The summed E-state index contributed by atoms with van der Waals surface area (Å²) in [6.07, 6.45) is 0. The van der Waals surface area contributed by atoms with Crippen molar-refractivity contribution in [2.24, 2.45) is 0 Å². The minimum atomic E-state index is -0.370. The molecule has 0 aliphatic carbocycles. The van der Waals surface area contributed by atoms with Crippen molar-refractivity contribution in [1.82, 2.24) is 4.90 Å². The molecule has 1 fully saturated rings. The number of halogens is 1. The van der Waals surface area contributed by atoms with Gasteiger partial charge in [0.2, 0.25) is 6.79 Å². The number of aliphatic hydroxyl groups excluding tert-OH is 1. The summed E-state index contributed by atoms with van der Waals surface area (Å²) in [5.74, 6) is 1.08. The van der Waals surface area contributed by atoms with E-state index in [0.29, 0.717) is 18.7 Å². The second-order valence-corrected chi connectivity index (χ2v) is 8.68. The van der Waals surface area contributed by atoms with Crippen LogP contribution in [0.15, 0.2) is 66.7 Å². The Bertz CT molecular complexity index is 1220. The van der Waals surface area contributed by atoms with Gasteiger partial charge in [-0.3, -0.25) is 9.69 Å². The first kappa shape index (κ1) is 20.2. The summed E-state index contributed by atoms with van der Waals surface area (Å²) in [6.45, 7) is 1.39. The molecule has 33 heavy (non-hydrogen) atoms. The van der Waals surface area contributed by atoms with E-state index in [1.165, 1.54) is 24.3 Å². The van der Waals surface area contributed by atoms with Gasteiger partial charge in [0.05, 0.1) is 6.61 Å². The van der Waals surface area contributed by atoms with Gasteiger partial charge in [0, 0.05) is 42.3 Å². The molecule has 0 saturated carbocycles. The second-order valence-electron chi connectivity index (χ2n) is 8.68. The molecular formula is C26H23FN2O4. The Kier molecular flexibility index (Phi) is 4.81. The summed E-state index contributed by atoms with van der Waals surface area (Å²) < 4.78 is 24.3. The Morgan fingerprint density at radius 1 is 1.03 bits per heavy atom. The van der Waals surface area contributed by atoms with E-state index in [9.17, 15) is 14.3 Å². The van der Waals surface area contributed by atoms with Gasteiger partial charge >= 0.3 is 0 Å². The Labute approximate surface area is 190 Å². The van der Waals surface area contributed by atoms with Crippen molar-refractivity contribution in [3.63, 3.8) is 0 Å². The highest BCUT2D eigenvalue weighted by atomic mass is 19.1. The molecule has 3 aliphatic rings. The van der Waals surface area contributed by atoms with E-state index in [4.69, 9.17) is 9.47 Å². The molecule has 0 spiro atoms. The molecule has 6 rings (SSSR count). The van der Waals surface area contributed by atoms with Crippen molar-refractivity contribution in [2.75, 3.05) is 24.8 Å². The fraction of sp³-hybridized carbons (Fsp3) is 0.269. The van der Waals surface area contributed by atoms with Crippen LogP contribution in [0.25, 0.3) is 0 Å². The highest BCUT2D eigenvalue weighted by Crippen LogP contribution is 2.49. The van der Waals surface area contributed by atoms with Crippen LogP contribution in [0.4, 0.5) is 10.1 Å². The number of amides is 1. The molecule has 7 heteroatoms. The maximum absolute atomic E-state index is 13.4. The summed E-state index contributed by atoms with van der Waals surface area (Å²) in [6, 6.07) is 19.4. The van der Waals surface area contributed by atoms with E-state index >= 15 is 0 Å². The highest BCUT2D eigenvalue weighted by Gasteiger charge is 2.53. The average molecular weight is 446 g/mol. The van der Waals surface area contributed by atoms with Crippen LogP contribution in [0, 0.1) is 5.82 Å². The number of aliphatic hydroxyl groups is 1.